The Hall–Kier alpha value is -2.57. The van der Waals surface area contributed by atoms with E-state index in [2.05, 4.69) is 21.2 Å². The standard InChI is InChI=1S/C26H25BrClNO4/c1-3-32-26(31)23-15(2)29-20-5-4-6-21(30)25(20)24(23)19-13-17(27)9-12-22(19)33-14-16-7-10-18(28)11-8-16/h7-13,24,29H,3-6,14H2,1-2H3/t24-/m1/s1. The first-order valence-electron chi connectivity index (χ1n) is 11.0. The van der Waals surface area contributed by atoms with Crippen molar-refractivity contribution < 1.29 is 19.1 Å². The lowest BCUT2D eigenvalue weighted by molar-refractivity contribution is -0.138. The fraction of sp³-hybridized carbons (Fsp3) is 0.308. The summed E-state index contributed by atoms with van der Waals surface area (Å²) < 4.78 is 12.4. The number of halogens is 2. The third-order valence-electron chi connectivity index (χ3n) is 5.86. The van der Waals surface area contributed by atoms with E-state index in [0.717, 1.165) is 34.1 Å². The molecule has 0 bridgehead atoms. The summed E-state index contributed by atoms with van der Waals surface area (Å²) in [5.74, 6) is -0.335. The molecule has 172 valence electrons. The van der Waals surface area contributed by atoms with Crippen LogP contribution in [0.2, 0.25) is 5.02 Å². The molecule has 4 rings (SSSR count). The van der Waals surface area contributed by atoms with Crippen LogP contribution < -0.4 is 10.1 Å². The number of hydrogen-bond acceptors (Lipinski definition) is 5. The van der Waals surface area contributed by atoms with Crippen molar-refractivity contribution in [2.75, 3.05) is 6.61 Å². The van der Waals surface area contributed by atoms with Gasteiger partial charge in [-0.05, 0) is 62.6 Å². The summed E-state index contributed by atoms with van der Waals surface area (Å²) in [6.07, 6.45) is 2.01. The molecule has 1 heterocycles. The van der Waals surface area contributed by atoms with Crippen LogP contribution in [0.5, 0.6) is 5.75 Å². The number of esters is 1. The molecule has 0 unspecified atom stereocenters. The van der Waals surface area contributed by atoms with Crippen molar-refractivity contribution in [3.63, 3.8) is 0 Å². The molecule has 0 fully saturated rings. The second kappa shape index (κ2) is 10.1. The predicted octanol–water partition coefficient (Wildman–Crippen LogP) is 6.21. The van der Waals surface area contributed by atoms with E-state index in [-0.39, 0.29) is 12.4 Å². The summed E-state index contributed by atoms with van der Waals surface area (Å²) in [4.78, 5) is 26.2. The first-order chi connectivity index (χ1) is 15.9. The maximum Gasteiger partial charge on any atom is 0.336 e. The van der Waals surface area contributed by atoms with Gasteiger partial charge in [0, 0.05) is 38.4 Å². The van der Waals surface area contributed by atoms with Crippen LogP contribution in [0.4, 0.5) is 0 Å². The van der Waals surface area contributed by atoms with Gasteiger partial charge >= 0.3 is 5.97 Å². The molecular formula is C26H25BrClNO4. The number of dihydropyridines is 1. The quantitative estimate of drug-likeness (QED) is 0.450. The zero-order valence-electron chi connectivity index (χ0n) is 18.5. The normalized spacial score (nSPS) is 18.1. The molecule has 1 atom stereocenters. The number of carbonyl (C=O) groups is 2. The van der Waals surface area contributed by atoms with E-state index in [4.69, 9.17) is 21.1 Å². The fourth-order valence-electron chi connectivity index (χ4n) is 4.39. The molecule has 1 aliphatic carbocycles. The van der Waals surface area contributed by atoms with Gasteiger partial charge < -0.3 is 14.8 Å². The molecule has 0 saturated carbocycles. The molecule has 0 amide bonds. The lowest BCUT2D eigenvalue weighted by atomic mass is 9.75. The number of ketones is 1. The molecule has 0 radical (unpaired) electrons. The van der Waals surface area contributed by atoms with Gasteiger partial charge in [-0.25, -0.2) is 4.79 Å². The van der Waals surface area contributed by atoms with Crippen molar-refractivity contribution in [3.05, 3.63) is 85.6 Å². The van der Waals surface area contributed by atoms with Gasteiger partial charge in [-0.1, -0.05) is 39.7 Å². The van der Waals surface area contributed by atoms with Gasteiger partial charge in [0.15, 0.2) is 5.78 Å². The number of nitrogens with one attached hydrogen (secondary N) is 1. The zero-order valence-corrected chi connectivity index (χ0v) is 20.9. The minimum absolute atomic E-state index is 0.0478. The predicted molar refractivity (Wildman–Crippen MR) is 131 cm³/mol. The van der Waals surface area contributed by atoms with E-state index in [1.807, 2.05) is 49.4 Å². The minimum Gasteiger partial charge on any atom is -0.489 e. The van der Waals surface area contributed by atoms with Crippen LogP contribution in [0.25, 0.3) is 0 Å². The number of Topliss-reactive ketones (excluding diaryl/α,β-unsaturated/α-hetero) is 1. The number of benzene rings is 2. The molecule has 5 nitrogen and oxygen atoms in total. The second-order valence-electron chi connectivity index (χ2n) is 8.08. The first kappa shape index (κ1) is 23.6. The monoisotopic (exact) mass is 529 g/mol. The van der Waals surface area contributed by atoms with Gasteiger partial charge in [-0.3, -0.25) is 4.79 Å². The summed E-state index contributed by atoms with van der Waals surface area (Å²) in [6, 6.07) is 13.1. The molecule has 2 aliphatic rings. The lowest BCUT2D eigenvalue weighted by Gasteiger charge is -2.34. The summed E-state index contributed by atoms with van der Waals surface area (Å²) in [7, 11) is 0. The molecule has 1 aliphatic heterocycles. The Morgan fingerprint density at radius 3 is 2.67 bits per heavy atom. The number of carbonyl (C=O) groups excluding carboxylic acids is 2. The third-order valence-corrected chi connectivity index (χ3v) is 6.61. The number of ether oxygens (including phenoxy) is 2. The van der Waals surface area contributed by atoms with Crippen molar-refractivity contribution in [2.45, 2.75) is 45.6 Å². The van der Waals surface area contributed by atoms with Crippen LogP contribution >= 0.6 is 27.5 Å². The number of hydrogen-bond donors (Lipinski definition) is 1. The maximum absolute atomic E-state index is 13.1. The van der Waals surface area contributed by atoms with E-state index < -0.39 is 11.9 Å². The van der Waals surface area contributed by atoms with Crippen LogP contribution in [0.15, 0.2) is 69.5 Å². The number of rotatable bonds is 6. The Morgan fingerprint density at radius 2 is 1.94 bits per heavy atom. The zero-order chi connectivity index (χ0) is 23.5. The van der Waals surface area contributed by atoms with E-state index in [1.165, 1.54) is 0 Å². The van der Waals surface area contributed by atoms with Crippen molar-refractivity contribution in [3.8, 4) is 5.75 Å². The third kappa shape index (κ3) is 5.02. The van der Waals surface area contributed by atoms with E-state index >= 15 is 0 Å². The highest BCUT2D eigenvalue weighted by molar-refractivity contribution is 9.10. The van der Waals surface area contributed by atoms with Crippen LogP contribution in [0.3, 0.4) is 0 Å². The van der Waals surface area contributed by atoms with Crippen molar-refractivity contribution >= 4 is 39.3 Å². The molecule has 0 saturated heterocycles. The van der Waals surface area contributed by atoms with Crippen molar-refractivity contribution in [1.29, 1.82) is 0 Å². The topological polar surface area (TPSA) is 64.6 Å². The highest BCUT2D eigenvalue weighted by Crippen LogP contribution is 2.46. The number of allylic oxidation sites excluding steroid dienone is 3. The molecular weight excluding hydrogens is 506 g/mol. The summed E-state index contributed by atoms with van der Waals surface area (Å²) >= 11 is 9.55. The lowest BCUT2D eigenvalue weighted by Crippen LogP contribution is -2.34. The average Bonchev–Trinajstić information content (AvgIpc) is 2.78. The fourth-order valence-corrected chi connectivity index (χ4v) is 4.90. The molecule has 0 spiro atoms. The Balaban J connectivity index is 1.80. The van der Waals surface area contributed by atoms with Crippen molar-refractivity contribution in [2.24, 2.45) is 0 Å². The largest absolute Gasteiger partial charge is 0.489 e. The first-order valence-corrected chi connectivity index (χ1v) is 12.1. The van der Waals surface area contributed by atoms with Gasteiger partial charge in [0.1, 0.15) is 12.4 Å². The molecule has 0 aromatic heterocycles. The van der Waals surface area contributed by atoms with Crippen LogP contribution in [-0.4, -0.2) is 18.4 Å². The second-order valence-corrected chi connectivity index (χ2v) is 9.44. The SMILES string of the molecule is CCOC(=O)C1=C(C)NC2=C(C(=O)CCC2)[C@@H]1c1cc(Br)ccc1OCc1ccc(Cl)cc1. The Kier molecular flexibility index (Phi) is 7.25. The minimum atomic E-state index is -0.564. The van der Waals surface area contributed by atoms with Gasteiger partial charge in [0.05, 0.1) is 18.1 Å². The molecule has 1 N–H and O–H groups in total. The Morgan fingerprint density at radius 1 is 1.18 bits per heavy atom. The molecule has 2 aromatic rings. The van der Waals surface area contributed by atoms with E-state index in [0.29, 0.717) is 40.6 Å². The van der Waals surface area contributed by atoms with E-state index in [9.17, 15) is 9.59 Å². The van der Waals surface area contributed by atoms with Gasteiger partial charge in [0.25, 0.3) is 0 Å². The van der Waals surface area contributed by atoms with Gasteiger partial charge in [0.2, 0.25) is 0 Å². The summed E-state index contributed by atoms with van der Waals surface area (Å²) in [6.45, 7) is 4.21. The Bertz CT molecular complexity index is 1150. The summed E-state index contributed by atoms with van der Waals surface area (Å²) in [5, 5.41) is 3.97. The molecule has 7 heteroatoms. The molecule has 33 heavy (non-hydrogen) atoms. The van der Waals surface area contributed by atoms with Crippen molar-refractivity contribution in [1.82, 2.24) is 5.32 Å². The van der Waals surface area contributed by atoms with Gasteiger partial charge in [-0.15, -0.1) is 0 Å². The highest BCUT2D eigenvalue weighted by Gasteiger charge is 2.40. The maximum atomic E-state index is 13.1. The highest BCUT2D eigenvalue weighted by atomic mass is 79.9. The average molecular weight is 531 g/mol. The van der Waals surface area contributed by atoms with Crippen LogP contribution in [0.1, 0.15) is 50.2 Å². The summed E-state index contributed by atoms with van der Waals surface area (Å²) in [5.41, 5.74) is 4.38. The van der Waals surface area contributed by atoms with Gasteiger partial charge in [-0.2, -0.15) is 0 Å². The van der Waals surface area contributed by atoms with Crippen LogP contribution in [-0.2, 0) is 20.9 Å². The van der Waals surface area contributed by atoms with Crippen LogP contribution in [0, 0.1) is 0 Å². The van der Waals surface area contributed by atoms with E-state index in [1.54, 1.807) is 6.92 Å². The smallest absolute Gasteiger partial charge is 0.336 e. The Labute approximate surface area is 206 Å². The molecule has 2 aromatic carbocycles.